The molecule has 0 fully saturated rings. The zero-order valence-corrected chi connectivity index (χ0v) is 13.9. The quantitative estimate of drug-likeness (QED) is 0.677. The van der Waals surface area contributed by atoms with Crippen molar-refractivity contribution in [2.75, 3.05) is 13.2 Å². The van der Waals surface area contributed by atoms with Gasteiger partial charge in [-0.25, -0.2) is 4.79 Å². The van der Waals surface area contributed by atoms with Crippen molar-refractivity contribution in [1.29, 1.82) is 0 Å². The second-order valence-corrected chi connectivity index (χ2v) is 5.81. The number of nitrogens with zero attached hydrogens (tertiary/aromatic N) is 1. The first-order chi connectivity index (χ1) is 12.1. The second kappa shape index (κ2) is 7.61. The minimum Gasteiger partial charge on any atom is -0.451 e. The molecule has 2 N–H and O–H groups in total. The van der Waals surface area contributed by atoms with Gasteiger partial charge < -0.3 is 10.1 Å². The molecule has 1 atom stereocenters. The van der Waals surface area contributed by atoms with Crippen LogP contribution in [0.3, 0.4) is 0 Å². The molecule has 3 rings (SSSR count). The van der Waals surface area contributed by atoms with Gasteiger partial charge >= 0.3 is 5.97 Å². The number of H-pyrrole nitrogens is 1. The Hall–Kier alpha value is -3.15. The summed E-state index contributed by atoms with van der Waals surface area (Å²) in [5.41, 5.74) is 2.07. The molecule has 1 heterocycles. The van der Waals surface area contributed by atoms with Crippen molar-refractivity contribution >= 4 is 22.8 Å². The van der Waals surface area contributed by atoms with Gasteiger partial charge in [-0.1, -0.05) is 55.5 Å². The Morgan fingerprint density at radius 2 is 1.84 bits per heavy atom. The van der Waals surface area contributed by atoms with Crippen molar-refractivity contribution in [3.05, 3.63) is 65.9 Å². The van der Waals surface area contributed by atoms with E-state index in [-0.39, 0.29) is 24.1 Å². The molecular weight excluding hydrogens is 318 g/mol. The third-order valence-electron chi connectivity index (χ3n) is 3.97. The summed E-state index contributed by atoms with van der Waals surface area (Å²) in [4.78, 5) is 24.0. The van der Waals surface area contributed by atoms with Crippen molar-refractivity contribution in [3.8, 4) is 0 Å². The minimum atomic E-state index is -0.622. The topological polar surface area (TPSA) is 84.1 Å². The lowest BCUT2D eigenvalue weighted by molar-refractivity contribution is -0.124. The van der Waals surface area contributed by atoms with Gasteiger partial charge in [0.15, 0.2) is 12.3 Å². The average molecular weight is 337 g/mol. The van der Waals surface area contributed by atoms with Gasteiger partial charge in [-0.05, 0) is 17.5 Å². The number of carbonyl (C=O) groups excluding carboxylic acids is 2. The fourth-order valence-electron chi connectivity index (χ4n) is 2.54. The Labute approximate surface area is 145 Å². The minimum absolute atomic E-state index is 0.177. The molecule has 2 aromatic carbocycles. The van der Waals surface area contributed by atoms with Crippen LogP contribution >= 0.6 is 0 Å². The third-order valence-corrected chi connectivity index (χ3v) is 3.97. The number of rotatable bonds is 6. The van der Waals surface area contributed by atoms with E-state index in [1.165, 1.54) is 0 Å². The lowest BCUT2D eigenvalue weighted by Gasteiger charge is -2.13. The van der Waals surface area contributed by atoms with Gasteiger partial charge in [-0.15, -0.1) is 0 Å². The highest BCUT2D eigenvalue weighted by atomic mass is 16.5. The van der Waals surface area contributed by atoms with E-state index < -0.39 is 5.97 Å². The zero-order chi connectivity index (χ0) is 17.6. The molecule has 0 bridgehead atoms. The van der Waals surface area contributed by atoms with Crippen LogP contribution in [0.1, 0.15) is 28.9 Å². The van der Waals surface area contributed by atoms with Crippen molar-refractivity contribution in [2.45, 2.75) is 12.8 Å². The summed E-state index contributed by atoms with van der Waals surface area (Å²) in [6.45, 7) is 2.17. The van der Waals surface area contributed by atoms with Crippen LogP contribution in [0.2, 0.25) is 0 Å². The monoisotopic (exact) mass is 337 g/mol. The molecule has 128 valence electrons. The molecule has 1 amide bonds. The lowest BCUT2D eigenvalue weighted by Crippen LogP contribution is -2.31. The summed E-state index contributed by atoms with van der Waals surface area (Å²) in [5, 5.41) is 10.2. The molecule has 6 heteroatoms. The first-order valence-corrected chi connectivity index (χ1v) is 8.07. The predicted molar refractivity (Wildman–Crippen MR) is 94.2 cm³/mol. The Bertz CT molecular complexity index is 874. The normalized spacial score (nSPS) is 11.9. The summed E-state index contributed by atoms with van der Waals surface area (Å²) in [6.07, 6.45) is 0. The van der Waals surface area contributed by atoms with Gasteiger partial charge in [-0.3, -0.25) is 9.89 Å². The number of aromatic nitrogens is 2. The number of fused-ring (bicyclic) bond motifs is 1. The smallest absolute Gasteiger partial charge is 0.359 e. The highest BCUT2D eigenvalue weighted by Gasteiger charge is 2.17. The summed E-state index contributed by atoms with van der Waals surface area (Å²) in [5.74, 6) is -0.782. The van der Waals surface area contributed by atoms with Crippen LogP contribution in [0.15, 0.2) is 54.6 Å². The van der Waals surface area contributed by atoms with Crippen molar-refractivity contribution in [1.82, 2.24) is 15.5 Å². The molecule has 25 heavy (non-hydrogen) atoms. The van der Waals surface area contributed by atoms with Crippen molar-refractivity contribution in [2.24, 2.45) is 0 Å². The van der Waals surface area contributed by atoms with Crippen LogP contribution in [-0.2, 0) is 9.53 Å². The Kier molecular flexibility index (Phi) is 5.09. The number of hydrogen-bond donors (Lipinski definition) is 2. The number of hydrogen-bond acceptors (Lipinski definition) is 4. The zero-order valence-electron chi connectivity index (χ0n) is 13.9. The first kappa shape index (κ1) is 16.7. The molecule has 6 nitrogen and oxygen atoms in total. The van der Waals surface area contributed by atoms with E-state index in [9.17, 15) is 9.59 Å². The fraction of sp³-hybridized carbons (Fsp3) is 0.211. The van der Waals surface area contributed by atoms with Crippen LogP contribution in [0.25, 0.3) is 10.9 Å². The summed E-state index contributed by atoms with van der Waals surface area (Å²) < 4.78 is 5.06. The number of aromatic amines is 1. The molecule has 0 aliphatic carbocycles. The summed E-state index contributed by atoms with van der Waals surface area (Å²) >= 11 is 0. The van der Waals surface area contributed by atoms with Crippen LogP contribution < -0.4 is 5.32 Å². The number of carbonyl (C=O) groups is 2. The number of amides is 1. The van der Waals surface area contributed by atoms with Gasteiger partial charge in [0, 0.05) is 11.9 Å². The van der Waals surface area contributed by atoms with E-state index in [0.29, 0.717) is 11.9 Å². The first-order valence-electron chi connectivity index (χ1n) is 8.07. The van der Waals surface area contributed by atoms with Crippen LogP contribution in [-0.4, -0.2) is 35.2 Å². The molecule has 0 saturated carbocycles. The number of nitrogens with one attached hydrogen (secondary N) is 2. The van der Waals surface area contributed by atoms with Gasteiger partial charge in [0.25, 0.3) is 5.91 Å². The van der Waals surface area contributed by atoms with Crippen molar-refractivity contribution < 1.29 is 14.3 Å². The van der Waals surface area contributed by atoms with E-state index >= 15 is 0 Å². The highest BCUT2D eigenvalue weighted by molar-refractivity contribution is 6.02. The van der Waals surface area contributed by atoms with E-state index in [0.717, 1.165) is 11.1 Å². The van der Waals surface area contributed by atoms with Crippen LogP contribution in [0, 0.1) is 0 Å². The molecule has 0 saturated heterocycles. The SMILES string of the molecule is C[C@H](CNC(=O)COC(=O)c1n[nH]c2ccccc12)c1ccccc1. The maximum atomic E-state index is 12.1. The Morgan fingerprint density at radius 1 is 1.12 bits per heavy atom. The maximum absolute atomic E-state index is 12.1. The molecule has 0 unspecified atom stereocenters. The number of esters is 1. The highest BCUT2D eigenvalue weighted by Crippen LogP contribution is 2.16. The van der Waals surface area contributed by atoms with Gasteiger partial charge in [0.2, 0.25) is 0 Å². The largest absolute Gasteiger partial charge is 0.451 e. The fourth-order valence-corrected chi connectivity index (χ4v) is 2.54. The van der Waals surface area contributed by atoms with E-state index in [2.05, 4.69) is 15.5 Å². The average Bonchev–Trinajstić information content (AvgIpc) is 3.09. The van der Waals surface area contributed by atoms with Gasteiger partial charge in [0.05, 0.1) is 5.52 Å². The van der Waals surface area contributed by atoms with Gasteiger partial charge in [-0.2, -0.15) is 5.10 Å². The van der Waals surface area contributed by atoms with E-state index in [1.807, 2.05) is 55.5 Å². The predicted octanol–water partition coefficient (Wildman–Crippen LogP) is 2.64. The van der Waals surface area contributed by atoms with Gasteiger partial charge in [0.1, 0.15) is 0 Å². The molecule has 0 spiro atoms. The maximum Gasteiger partial charge on any atom is 0.359 e. The summed E-state index contributed by atoms with van der Waals surface area (Å²) in [6, 6.07) is 17.1. The van der Waals surface area contributed by atoms with Crippen molar-refractivity contribution in [3.63, 3.8) is 0 Å². The lowest BCUT2D eigenvalue weighted by atomic mass is 10.0. The molecule has 3 aromatic rings. The number of para-hydroxylation sites is 1. The van der Waals surface area contributed by atoms with E-state index in [1.54, 1.807) is 6.07 Å². The summed E-state index contributed by atoms with van der Waals surface area (Å²) in [7, 11) is 0. The Balaban J connectivity index is 1.50. The molecule has 0 aliphatic rings. The van der Waals surface area contributed by atoms with Crippen LogP contribution in [0.4, 0.5) is 0 Å². The molecule has 1 aromatic heterocycles. The third kappa shape index (κ3) is 4.03. The molecule has 0 aliphatic heterocycles. The molecule has 0 radical (unpaired) electrons. The second-order valence-electron chi connectivity index (χ2n) is 5.81. The number of ether oxygens (including phenoxy) is 1. The Morgan fingerprint density at radius 3 is 2.64 bits per heavy atom. The van der Waals surface area contributed by atoms with Crippen LogP contribution in [0.5, 0.6) is 0 Å². The number of benzene rings is 2. The standard InChI is InChI=1S/C19H19N3O3/c1-13(14-7-3-2-4-8-14)11-20-17(23)12-25-19(24)18-15-9-5-6-10-16(15)21-22-18/h2-10,13H,11-12H2,1H3,(H,20,23)(H,21,22)/t13-/m1/s1. The van der Waals surface area contributed by atoms with E-state index in [4.69, 9.17) is 4.74 Å². The molecular formula is C19H19N3O3.